The standard InChI is InChI=1S/C22H24FNO/c1-15-11-18(23)7-10-21(15)22(25)17-12-19-8-9-20(13-17)24(19)14-16-5-3-2-4-6-16/h2-7,10-11,17,19-20H,8-9,12-14H2,1H3. The van der Waals surface area contributed by atoms with Gasteiger partial charge in [-0.05, 0) is 61.9 Å². The highest BCUT2D eigenvalue weighted by atomic mass is 19.1. The van der Waals surface area contributed by atoms with E-state index < -0.39 is 0 Å². The first-order valence-electron chi connectivity index (χ1n) is 9.22. The normalized spacial score (nSPS) is 25.9. The average Bonchev–Trinajstić information content (AvgIpc) is 2.83. The van der Waals surface area contributed by atoms with Gasteiger partial charge in [0.2, 0.25) is 0 Å². The number of carbonyl (C=O) groups is 1. The van der Waals surface area contributed by atoms with E-state index in [0.29, 0.717) is 17.6 Å². The number of fused-ring (bicyclic) bond motifs is 2. The van der Waals surface area contributed by atoms with Crippen LogP contribution in [0.2, 0.25) is 0 Å². The fraction of sp³-hybridized carbons (Fsp3) is 0.409. The molecule has 0 aromatic heterocycles. The third-order valence-corrected chi connectivity index (χ3v) is 5.92. The lowest BCUT2D eigenvalue weighted by molar-refractivity contribution is 0.0677. The summed E-state index contributed by atoms with van der Waals surface area (Å²) in [6, 6.07) is 16.1. The number of benzene rings is 2. The lowest BCUT2D eigenvalue weighted by Crippen LogP contribution is -2.44. The van der Waals surface area contributed by atoms with Gasteiger partial charge in [-0.15, -0.1) is 0 Å². The highest BCUT2D eigenvalue weighted by molar-refractivity contribution is 5.99. The second-order valence-electron chi connectivity index (χ2n) is 7.53. The van der Waals surface area contributed by atoms with Crippen LogP contribution in [-0.2, 0) is 6.54 Å². The summed E-state index contributed by atoms with van der Waals surface area (Å²) in [7, 11) is 0. The summed E-state index contributed by atoms with van der Waals surface area (Å²) < 4.78 is 13.3. The lowest BCUT2D eigenvalue weighted by atomic mass is 9.83. The highest BCUT2D eigenvalue weighted by Crippen LogP contribution is 2.40. The largest absolute Gasteiger partial charge is 0.294 e. The smallest absolute Gasteiger partial charge is 0.166 e. The van der Waals surface area contributed by atoms with Gasteiger partial charge < -0.3 is 0 Å². The molecule has 2 saturated heterocycles. The van der Waals surface area contributed by atoms with Gasteiger partial charge in [0.15, 0.2) is 5.78 Å². The Kier molecular flexibility index (Phi) is 4.43. The molecule has 2 fully saturated rings. The summed E-state index contributed by atoms with van der Waals surface area (Å²) in [5, 5.41) is 0. The molecule has 0 N–H and O–H groups in total. The SMILES string of the molecule is Cc1cc(F)ccc1C(=O)C1CC2CCC(C1)N2Cc1ccccc1. The van der Waals surface area contributed by atoms with Crippen LogP contribution < -0.4 is 0 Å². The van der Waals surface area contributed by atoms with E-state index in [0.717, 1.165) is 24.9 Å². The predicted molar refractivity (Wildman–Crippen MR) is 97.0 cm³/mol. The van der Waals surface area contributed by atoms with Gasteiger partial charge in [0.05, 0.1) is 0 Å². The number of nitrogens with zero attached hydrogens (tertiary/aromatic N) is 1. The van der Waals surface area contributed by atoms with E-state index in [-0.39, 0.29) is 17.5 Å². The third kappa shape index (κ3) is 3.25. The van der Waals surface area contributed by atoms with Crippen molar-refractivity contribution in [3.05, 3.63) is 71.0 Å². The van der Waals surface area contributed by atoms with Crippen molar-refractivity contribution in [1.29, 1.82) is 0 Å². The zero-order chi connectivity index (χ0) is 17.4. The molecule has 2 atom stereocenters. The van der Waals surface area contributed by atoms with E-state index in [4.69, 9.17) is 0 Å². The summed E-state index contributed by atoms with van der Waals surface area (Å²) >= 11 is 0. The summed E-state index contributed by atoms with van der Waals surface area (Å²) in [5.41, 5.74) is 2.80. The molecule has 2 nitrogen and oxygen atoms in total. The Labute approximate surface area is 148 Å². The van der Waals surface area contributed by atoms with E-state index in [9.17, 15) is 9.18 Å². The molecule has 2 unspecified atom stereocenters. The Morgan fingerprint density at radius 3 is 2.40 bits per heavy atom. The second kappa shape index (κ2) is 6.72. The number of piperidine rings is 1. The molecule has 0 radical (unpaired) electrons. The number of ketones is 1. The summed E-state index contributed by atoms with van der Waals surface area (Å²) in [6.07, 6.45) is 4.23. The fourth-order valence-electron chi connectivity index (χ4n) is 4.66. The maximum absolute atomic E-state index is 13.3. The minimum atomic E-state index is -0.271. The van der Waals surface area contributed by atoms with Crippen molar-refractivity contribution >= 4 is 5.78 Å². The maximum Gasteiger partial charge on any atom is 0.166 e. The van der Waals surface area contributed by atoms with Crippen molar-refractivity contribution in [3.63, 3.8) is 0 Å². The van der Waals surface area contributed by atoms with E-state index in [1.54, 1.807) is 6.07 Å². The van der Waals surface area contributed by atoms with Crippen LogP contribution in [0.5, 0.6) is 0 Å². The monoisotopic (exact) mass is 337 g/mol. The number of rotatable bonds is 4. The van der Waals surface area contributed by atoms with Crippen molar-refractivity contribution in [1.82, 2.24) is 4.90 Å². The number of hydrogen-bond acceptors (Lipinski definition) is 2. The minimum absolute atomic E-state index is 0.0775. The summed E-state index contributed by atoms with van der Waals surface area (Å²) in [5.74, 6) is 0.00856. The minimum Gasteiger partial charge on any atom is -0.294 e. The van der Waals surface area contributed by atoms with E-state index in [1.165, 1.54) is 30.5 Å². The van der Waals surface area contributed by atoms with Crippen LogP contribution >= 0.6 is 0 Å². The topological polar surface area (TPSA) is 20.3 Å². The molecule has 0 saturated carbocycles. The van der Waals surface area contributed by atoms with Crippen molar-refractivity contribution in [2.24, 2.45) is 5.92 Å². The number of carbonyl (C=O) groups excluding carboxylic acids is 1. The summed E-state index contributed by atoms with van der Waals surface area (Å²) in [4.78, 5) is 15.6. The third-order valence-electron chi connectivity index (χ3n) is 5.92. The molecule has 2 heterocycles. The summed E-state index contributed by atoms with van der Waals surface area (Å²) in [6.45, 7) is 2.81. The van der Waals surface area contributed by atoms with E-state index >= 15 is 0 Å². The van der Waals surface area contributed by atoms with Crippen LogP contribution in [0.25, 0.3) is 0 Å². The number of aryl methyl sites for hydroxylation is 1. The molecule has 25 heavy (non-hydrogen) atoms. The number of halogens is 1. The van der Waals surface area contributed by atoms with Gasteiger partial charge in [-0.1, -0.05) is 30.3 Å². The van der Waals surface area contributed by atoms with Crippen LogP contribution in [-0.4, -0.2) is 22.8 Å². The van der Waals surface area contributed by atoms with Crippen molar-refractivity contribution in [2.45, 2.75) is 51.2 Å². The Morgan fingerprint density at radius 2 is 1.76 bits per heavy atom. The zero-order valence-corrected chi connectivity index (χ0v) is 14.6. The zero-order valence-electron chi connectivity index (χ0n) is 14.6. The van der Waals surface area contributed by atoms with Gasteiger partial charge in [-0.25, -0.2) is 4.39 Å². The first kappa shape index (κ1) is 16.5. The van der Waals surface area contributed by atoms with Crippen molar-refractivity contribution in [2.75, 3.05) is 0 Å². The van der Waals surface area contributed by atoms with Crippen LogP contribution in [0.1, 0.15) is 47.2 Å². The second-order valence-corrected chi connectivity index (χ2v) is 7.53. The van der Waals surface area contributed by atoms with Crippen LogP contribution in [0.3, 0.4) is 0 Å². The molecular formula is C22H24FNO. The molecule has 130 valence electrons. The Hall–Kier alpha value is -2.00. The van der Waals surface area contributed by atoms with Gasteiger partial charge >= 0.3 is 0 Å². The molecule has 4 rings (SSSR count). The molecule has 2 bridgehead atoms. The molecule has 0 spiro atoms. The first-order chi connectivity index (χ1) is 12.1. The van der Waals surface area contributed by atoms with Gasteiger partial charge in [0, 0.05) is 30.1 Å². The average molecular weight is 337 g/mol. The van der Waals surface area contributed by atoms with Crippen molar-refractivity contribution < 1.29 is 9.18 Å². The quantitative estimate of drug-likeness (QED) is 0.750. The van der Waals surface area contributed by atoms with E-state index in [1.807, 2.05) is 13.0 Å². The molecule has 0 aliphatic carbocycles. The molecule has 2 aromatic carbocycles. The van der Waals surface area contributed by atoms with Crippen LogP contribution in [0.4, 0.5) is 4.39 Å². The van der Waals surface area contributed by atoms with Gasteiger partial charge in [0.25, 0.3) is 0 Å². The van der Waals surface area contributed by atoms with E-state index in [2.05, 4.69) is 29.2 Å². The molecule has 2 aliphatic rings. The number of Topliss-reactive ketones (excluding diaryl/α,β-unsaturated/α-hetero) is 1. The molecular weight excluding hydrogens is 313 g/mol. The Bertz CT molecular complexity index is 759. The molecule has 2 aromatic rings. The molecule has 3 heteroatoms. The van der Waals surface area contributed by atoms with Crippen molar-refractivity contribution in [3.8, 4) is 0 Å². The molecule has 0 amide bonds. The van der Waals surface area contributed by atoms with Crippen LogP contribution in [0.15, 0.2) is 48.5 Å². The van der Waals surface area contributed by atoms with Gasteiger partial charge in [-0.3, -0.25) is 9.69 Å². The highest BCUT2D eigenvalue weighted by Gasteiger charge is 2.42. The Morgan fingerprint density at radius 1 is 1.08 bits per heavy atom. The fourth-order valence-corrected chi connectivity index (χ4v) is 4.66. The lowest BCUT2D eigenvalue weighted by Gasteiger charge is -2.38. The number of hydrogen-bond donors (Lipinski definition) is 0. The van der Waals surface area contributed by atoms with Gasteiger partial charge in [-0.2, -0.15) is 0 Å². The van der Waals surface area contributed by atoms with Crippen LogP contribution in [0, 0.1) is 18.7 Å². The van der Waals surface area contributed by atoms with Gasteiger partial charge in [0.1, 0.15) is 5.82 Å². The maximum atomic E-state index is 13.3. The predicted octanol–water partition coefficient (Wildman–Crippen LogP) is 4.76. The first-order valence-corrected chi connectivity index (χ1v) is 9.22. The molecule has 2 aliphatic heterocycles. The Balaban J connectivity index is 1.48.